The second-order valence-electron chi connectivity index (χ2n) is 11.1. The van der Waals surface area contributed by atoms with Crippen LogP contribution in [0.1, 0.15) is 42.6 Å². The molecular formula is C42H37BrO5. The molecule has 0 unspecified atom stereocenters. The Bertz CT molecular complexity index is 1980. The number of hydrogen-bond acceptors (Lipinski definition) is 4. The van der Waals surface area contributed by atoms with Gasteiger partial charge in [-0.05, 0) is 47.7 Å². The number of halogens is 1. The zero-order valence-corrected chi connectivity index (χ0v) is 28.6. The Morgan fingerprint density at radius 3 is 1.94 bits per heavy atom. The number of aliphatic carboxylic acids is 1. The summed E-state index contributed by atoms with van der Waals surface area (Å²) in [5.74, 6) is 1.40. The summed E-state index contributed by atoms with van der Waals surface area (Å²) in [5, 5.41) is 8.99. The number of ether oxygens (including phenoxy) is 1. The lowest BCUT2D eigenvalue weighted by Crippen LogP contribution is -2.09. The third-order valence-electron chi connectivity index (χ3n) is 7.79. The zero-order chi connectivity index (χ0) is 33.9. The molecule has 5 nitrogen and oxygen atoms in total. The normalized spacial score (nSPS) is 10.6. The summed E-state index contributed by atoms with van der Waals surface area (Å²) < 4.78 is 13.1. The predicted octanol–water partition coefficient (Wildman–Crippen LogP) is 11.4. The minimum atomic E-state index is -1.01. The number of Topliss-reactive ketones (excluding diaryl/α,β-unsaturated/α-hetero) is 1. The van der Waals surface area contributed by atoms with E-state index in [1.165, 1.54) is 0 Å². The first-order valence-electron chi connectivity index (χ1n) is 16.0. The topological polar surface area (TPSA) is 76.7 Å². The van der Waals surface area contributed by atoms with Crippen LogP contribution < -0.4 is 4.74 Å². The molecule has 0 fully saturated rings. The number of benzene rings is 5. The van der Waals surface area contributed by atoms with Crippen molar-refractivity contribution < 1.29 is 23.8 Å². The summed E-state index contributed by atoms with van der Waals surface area (Å²) in [6.45, 7) is 3.78. The zero-order valence-electron chi connectivity index (χ0n) is 27.0. The standard InChI is InChI=1S/C32H26O4.C10H11BrO/c1-2-26-30(22-12-5-3-6-13-22)31(23-14-7-4-8-15-23)36-32(26)28-19-10-9-18-27(28)24-16-11-17-25(20-24)35-21-29(33)34;1-2-5-10(12)8-6-3-4-7-9(8)11/h3-20H,2,21H2,1H3,(H,33,34);3-4,6-7H,2,5H2,1H3. The van der Waals surface area contributed by atoms with Gasteiger partial charge >= 0.3 is 5.97 Å². The smallest absolute Gasteiger partial charge is 0.341 e. The molecule has 0 saturated heterocycles. The van der Waals surface area contributed by atoms with E-state index < -0.39 is 5.97 Å². The molecular weight excluding hydrogens is 664 g/mol. The predicted molar refractivity (Wildman–Crippen MR) is 196 cm³/mol. The van der Waals surface area contributed by atoms with Gasteiger partial charge in [-0.25, -0.2) is 4.79 Å². The highest BCUT2D eigenvalue weighted by Crippen LogP contribution is 2.45. The van der Waals surface area contributed by atoms with Gasteiger partial charge in [0.1, 0.15) is 17.3 Å². The van der Waals surface area contributed by atoms with Gasteiger partial charge in [0.2, 0.25) is 0 Å². The monoisotopic (exact) mass is 700 g/mol. The van der Waals surface area contributed by atoms with Crippen LogP contribution >= 0.6 is 15.9 Å². The Balaban J connectivity index is 0.000000318. The minimum Gasteiger partial charge on any atom is -0.482 e. The quantitative estimate of drug-likeness (QED) is 0.136. The summed E-state index contributed by atoms with van der Waals surface area (Å²) >= 11 is 3.35. The number of ketones is 1. The first-order chi connectivity index (χ1) is 23.4. The largest absolute Gasteiger partial charge is 0.482 e. The Labute approximate surface area is 290 Å². The Morgan fingerprint density at radius 1 is 0.688 bits per heavy atom. The number of carbonyl (C=O) groups excluding carboxylic acids is 1. The Kier molecular flexibility index (Phi) is 11.8. The van der Waals surface area contributed by atoms with Gasteiger partial charge in [-0.3, -0.25) is 4.79 Å². The molecule has 0 aliphatic carbocycles. The van der Waals surface area contributed by atoms with Crippen molar-refractivity contribution in [3.63, 3.8) is 0 Å². The van der Waals surface area contributed by atoms with Crippen molar-refractivity contribution in [1.82, 2.24) is 0 Å². The van der Waals surface area contributed by atoms with Gasteiger partial charge in [0.25, 0.3) is 0 Å². The van der Waals surface area contributed by atoms with Crippen LogP contribution in [0, 0.1) is 0 Å². The second kappa shape index (κ2) is 16.6. The van der Waals surface area contributed by atoms with Crippen LogP contribution in [0.3, 0.4) is 0 Å². The van der Waals surface area contributed by atoms with Crippen LogP contribution in [0.2, 0.25) is 0 Å². The lowest BCUT2D eigenvalue weighted by molar-refractivity contribution is -0.139. The van der Waals surface area contributed by atoms with E-state index in [9.17, 15) is 9.59 Å². The number of carboxylic acids is 1. The van der Waals surface area contributed by atoms with E-state index in [1.54, 1.807) is 6.07 Å². The molecule has 6 rings (SSSR count). The molecule has 0 atom stereocenters. The molecule has 0 spiro atoms. The molecule has 6 heteroatoms. The van der Waals surface area contributed by atoms with E-state index in [0.29, 0.717) is 12.2 Å². The van der Waals surface area contributed by atoms with Crippen molar-refractivity contribution in [2.24, 2.45) is 0 Å². The van der Waals surface area contributed by atoms with Gasteiger partial charge in [0.15, 0.2) is 12.4 Å². The van der Waals surface area contributed by atoms with Crippen LogP contribution in [0.25, 0.3) is 44.9 Å². The van der Waals surface area contributed by atoms with E-state index in [-0.39, 0.29) is 12.4 Å². The third-order valence-corrected chi connectivity index (χ3v) is 8.48. The molecule has 0 aliphatic rings. The van der Waals surface area contributed by atoms with Gasteiger partial charge in [0.05, 0.1) is 0 Å². The highest BCUT2D eigenvalue weighted by molar-refractivity contribution is 9.10. The highest BCUT2D eigenvalue weighted by atomic mass is 79.9. The molecule has 6 aromatic rings. The Morgan fingerprint density at radius 2 is 1.29 bits per heavy atom. The maximum Gasteiger partial charge on any atom is 0.341 e. The van der Waals surface area contributed by atoms with Crippen molar-refractivity contribution in [2.45, 2.75) is 33.1 Å². The average molecular weight is 702 g/mol. The molecule has 1 N–H and O–H groups in total. The van der Waals surface area contributed by atoms with E-state index in [2.05, 4.69) is 59.3 Å². The summed E-state index contributed by atoms with van der Waals surface area (Å²) in [6.07, 6.45) is 2.33. The average Bonchev–Trinajstić information content (AvgIpc) is 3.52. The van der Waals surface area contributed by atoms with Crippen LogP contribution in [0.5, 0.6) is 5.75 Å². The van der Waals surface area contributed by atoms with Gasteiger partial charge in [-0.1, -0.05) is 145 Å². The number of rotatable bonds is 11. The fraction of sp³-hybridized carbons (Fsp3) is 0.143. The van der Waals surface area contributed by atoms with Crippen LogP contribution in [0.4, 0.5) is 0 Å². The molecule has 0 aliphatic heterocycles. The van der Waals surface area contributed by atoms with Crippen molar-refractivity contribution in [3.8, 4) is 50.7 Å². The number of carbonyl (C=O) groups is 2. The molecule has 0 amide bonds. The SMILES string of the molecule is CCCC(=O)c1ccccc1Br.CCc1c(-c2ccccc2-c2cccc(OCC(=O)O)c2)oc(-c2ccccc2)c1-c1ccccc1. The van der Waals surface area contributed by atoms with Crippen molar-refractivity contribution in [2.75, 3.05) is 6.61 Å². The van der Waals surface area contributed by atoms with Crippen molar-refractivity contribution in [3.05, 3.63) is 149 Å². The van der Waals surface area contributed by atoms with E-state index in [4.69, 9.17) is 14.3 Å². The fourth-order valence-corrected chi connectivity index (χ4v) is 6.11. The Hall–Kier alpha value is -5.20. The third kappa shape index (κ3) is 8.20. The summed E-state index contributed by atoms with van der Waals surface area (Å²) in [6, 6.07) is 43.7. The lowest BCUT2D eigenvalue weighted by atomic mass is 9.91. The fourth-order valence-electron chi connectivity index (χ4n) is 5.60. The number of furan rings is 1. The summed E-state index contributed by atoms with van der Waals surface area (Å²) in [4.78, 5) is 22.4. The lowest BCUT2D eigenvalue weighted by Gasteiger charge is -2.11. The van der Waals surface area contributed by atoms with E-state index in [1.807, 2.05) is 97.9 Å². The molecule has 0 radical (unpaired) electrons. The van der Waals surface area contributed by atoms with Crippen LogP contribution in [-0.2, 0) is 11.2 Å². The van der Waals surface area contributed by atoms with E-state index in [0.717, 1.165) is 73.3 Å². The molecule has 5 aromatic carbocycles. The first-order valence-corrected chi connectivity index (χ1v) is 16.8. The van der Waals surface area contributed by atoms with Crippen molar-refractivity contribution >= 4 is 27.7 Å². The molecule has 0 saturated carbocycles. The maximum atomic E-state index is 11.4. The van der Waals surface area contributed by atoms with Crippen molar-refractivity contribution in [1.29, 1.82) is 0 Å². The van der Waals surface area contributed by atoms with Gasteiger partial charge < -0.3 is 14.3 Å². The summed E-state index contributed by atoms with van der Waals surface area (Å²) in [5.41, 5.74) is 8.07. The van der Waals surface area contributed by atoms with E-state index >= 15 is 0 Å². The molecule has 1 aromatic heterocycles. The number of hydrogen-bond donors (Lipinski definition) is 1. The molecule has 242 valence electrons. The number of carboxylic acid groups (broad SMARTS) is 1. The summed E-state index contributed by atoms with van der Waals surface area (Å²) in [7, 11) is 0. The minimum absolute atomic E-state index is 0.213. The maximum absolute atomic E-state index is 11.4. The second-order valence-corrected chi connectivity index (χ2v) is 12.0. The molecule has 48 heavy (non-hydrogen) atoms. The highest BCUT2D eigenvalue weighted by Gasteiger charge is 2.24. The van der Waals surface area contributed by atoms with Crippen LogP contribution in [0.15, 0.2) is 142 Å². The van der Waals surface area contributed by atoms with Crippen LogP contribution in [-0.4, -0.2) is 23.5 Å². The van der Waals surface area contributed by atoms with Gasteiger partial charge in [0, 0.05) is 38.7 Å². The first kappa shape index (κ1) is 34.1. The molecule has 0 bridgehead atoms. The van der Waals surface area contributed by atoms with Gasteiger partial charge in [-0.2, -0.15) is 0 Å². The molecule has 1 heterocycles. The van der Waals surface area contributed by atoms with Gasteiger partial charge in [-0.15, -0.1) is 0 Å².